The molecule has 2 amide bonds. The topological polar surface area (TPSA) is 37.4 Å². The van der Waals surface area contributed by atoms with Crippen LogP contribution >= 0.6 is 0 Å². The zero-order valence-electron chi connectivity index (χ0n) is 19.3. The quantitative estimate of drug-likeness (QED) is 0.239. The number of halogens is 3. The van der Waals surface area contributed by atoms with E-state index in [9.17, 15) is 22.8 Å². The van der Waals surface area contributed by atoms with Gasteiger partial charge in [-0.25, -0.2) is 4.90 Å². The number of nitrogens with zero attached hydrogens (tertiary/aromatic N) is 1. The molecule has 1 aliphatic rings. The van der Waals surface area contributed by atoms with Crippen molar-refractivity contribution in [3.05, 3.63) is 137 Å². The Bertz CT molecular complexity index is 1530. The van der Waals surface area contributed by atoms with Crippen LogP contribution in [0.5, 0.6) is 0 Å². The van der Waals surface area contributed by atoms with E-state index in [1.165, 1.54) is 12.1 Å². The maximum Gasteiger partial charge on any atom is 0.416 e. The molecule has 1 aliphatic heterocycles. The van der Waals surface area contributed by atoms with E-state index in [4.69, 9.17) is 0 Å². The molecule has 1 heterocycles. The summed E-state index contributed by atoms with van der Waals surface area (Å²) in [5, 5.41) is 0. The predicted octanol–water partition coefficient (Wildman–Crippen LogP) is 6.59. The third-order valence-electron chi connectivity index (χ3n) is 5.85. The van der Waals surface area contributed by atoms with Crippen molar-refractivity contribution in [2.75, 3.05) is 4.90 Å². The van der Waals surface area contributed by atoms with E-state index in [1.54, 1.807) is 72.8 Å². The number of hydrogen-bond donors (Lipinski definition) is 0. The molecule has 0 atom stereocenters. The molecular weight excluding hydrogens is 475 g/mol. The summed E-state index contributed by atoms with van der Waals surface area (Å²) in [6, 6.07) is 29.3. The van der Waals surface area contributed by atoms with Crippen LogP contribution in [0.3, 0.4) is 0 Å². The van der Waals surface area contributed by atoms with Crippen LogP contribution < -0.4 is 4.90 Å². The molecule has 180 valence electrons. The van der Waals surface area contributed by atoms with Crippen LogP contribution in [0.2, 0.25) is 0 Å². The fourth-order valence-electron chi connectivity index (χ4n) is 4.15. The number of amides is 2. The molecule has 0 unspecified atom stereocenters. The molecule has 0 aromatic heterocycles. The van der Waals surface area contributed by atoms with Crippen LogP contribution in [0, 0.1) is 11.8 Å². The first-order valence-corrected chi connectivity index (χ1v) is 11.4. The van der Waals surface area contributed by atoms with Crippen molar-refractivity contribution in [3.63, 3.8) is 0 Å². The molecule has 0 saturated carbocycles. The Morgan fingerprint density at radius 3 is 1.57 bits per heavy atom. The Morgan fingerprint density at radius 2 is 1.05 bits per heavy atom. The first-order valence-electron chi connectivity index (χ1n) is 11.4. The van der Waals surface area contributed by atoms with Gasteiger partial charge in [0, 0.05) is 11.1 Å². The molecule has 4 aromatic carbocycles. The fraction of sp³-hybridized carbons (Fsp3) is 0.0323. The van der Waals surface area contributed by atoms with Crippen molar-refractivity contribution in [2.45, 2.75) is 6.18 Å². The van der Waals surface area contributed by atoms with Crippen LogP contribution in [-0.2, 0) is 15.8 Å². The van der Waals surface area contributed by atoms with Crippen LogP contribution in [0.15, 0.2) is 109 Å². The van der Waals surface area contributed by atoms with Gasteiger partial charge in [-0.15, -0.1) is 0 Å². The third-order valence-corrected chi connectivity index (χ3v) is 5.85. The maximum absolute atomic E-state index is 13.6. The number of hydrogen-bond acceptors (Lipinski definition) is 2. The average molecular weight is 493 g/mol. The van der Waals surface area contributed by atoms with Gasteiger partial charge in [0.25, 0.3) is 11.8 Å². The Kier molecular flexibility index (Phi) is 6.21. The second-order valence-corrected chi connectivity index (χ2v) is 8.31. The lowest BCUT2D eigenvalue weighted by atomic mass is 9.96. The average Bonchev–Trinajstić information content (AvgIpc) is 3.18. The highest BCUT2D eigenvalue weighted by atomic mass is 19.4. The molecule has 0 N–H and O–H groups in total. The van der Waals surface area contributed by atoms with Gasteiger partial charge in [0.2, 0.25) is 0 Å². The van der Waals surface area contributed by atoms with Gasteiger partial charge in [-0.3, -0.25) is 9.59 Å². The lowest BCUT2D eigenvalue weighted by molar-refractivity contribution is -0.137. The van der Waals surface area contributed by atoms with Gasteiger partial charge in [-0.05, 0) is 47.5 Å². The molecule has 5 rings (SSSR count). The molecule has 0 fully saturated rings. The van der Waals surface area contributed by atoms with E-state index >= 15 is 0 Å². The van der Waals surface area contributed by atoms with Gasteiger partial charge >= 0.3 is 6.18 Å². The molecule has 0 aliphatic carbocycles. The van der Waals surface area contributed by atoms with E-state index in [-0.39, 0.29) is 5.56 Å². The minimum atomic E-state index is -4.46. The highest BCUT2D eigenvalue weighted by Gasteiger charge is 2.40. The van der Waals surface area contributed by atoms with Crippen LogP contribution in [0.1, 0.15) is 27.8 Å². The number of imide groups is 1. The summed E-state index contributed by atoms with van der Waals surface area (Å²) in [7, 11) is 0. The number of anilines is 1. The second-order valence-electron chi connectivity index (χ2n) is 8.31. The Labute approximate surface area is 211 Å². The number of carbonyl (C=O) groups excluding carboxylic acids is 2. The van der Waals surface area contributed by atoms with Crippen LogP contribution in [-0.4, -0.2) is 11.8 Å². The number of rotatable bonds is 3. The van der Waals surface area contributed by atoms with Crippen molar-refractivity contribution in [1.82, 2.24) is 0 Å². The number of carbonyl (C=O) groups is 2. The van der Waals surface area contributed by atoms with E-state index in [0.717, 1.165) is 17.0 Å². The lowest BCUT2D eigenvalue weighted by Gasteiger charge is -2.15. The fourth-order valence-corrected chi connectivity index (χ4v) is 4.15. The molecule has 0 saturated heterocycles. The standard InChI is InChI=1S/C31H18F3NO2/c32-31(33,34)25-15-7-9-21(19-25)17-18-22-10-8-16-26(20-22)35-29(36)27(23-11-3-1-4-12-23)28(30(35)37)24-13-5-2-6-14-24/h1-16,19-20H. The number of benzene rings is 4. The third kappa shape index (κ3) is 4.80. The van der Waals surface area contributed by atoms with Crippen molar-refractivity contribution in [2.24, 2.45) is 0 Å². The first kappa shape index (κ1) is 23.8. The molecule has 6 heteroatoms. The van der Waals surface area contributed by atoms with Crippen molar-refractivity contribution in [3.8, 4) is 11.8 Å². The largest absolute Gasteiger partial charge is 0.416 e. The zero-order chi connectivity index (χ0) is 26.0. The molecule has 0 bridgehead atoms. The smallest absolute Gasteiger partial charge is 0.268 e. The molecule has 0 spiro atoms. The van der Waals surface area contributed by atoms with Crippen molar-refractivity contribution >= 4 is 28.6 Å². The molecule has 0 radical (unpaired) electrons. The summed E-state index contributed by atoms with van der Waals surface area (Å²) >= 11 is 0. The summed E-state index contributed by atoms with van der Waals surface area (Å²) in [5.41, 5.74) is 2.05. The van der Waals surface area contributed by atoms with Gasteiger partial charge in [0.05, 0.1) is 22.4 Å². The molecular formula is C31H18F3NO2. The Hall–Kier alpha value is -4.89. The minimum Gasteiger partial charge on any atom is -0.268 e. The summed E-state index contributed by atoms with van der Waals surface area (Å²) in [6.07, 6.45) is -4.46. The maximum atomic E-state index is 13.6. The number of alkyl halides is 3. The molecule has 37 heavy (non-hydrogen) atoms. The zero-order valence-corrected chi connectivity index (χ0v) is 19.3. The summed E-state index contributed by atoms with van der Waals surface area (Å²) in [4.78, 5) is 28.4. The van der Waals surface area contributed by atoms with Gasteiger partial charge < -0.3 is 0 Å². The second kappa shape index (κ2) is 9.63. The first-order chi connectivity index (χ1) is 17.8. The Balaban J connectivity index is 1.52. The van der Waals surface area contributed by atoms with Crippen LogP contribution in [0.4, 0.5) is 18.9 Å². The van der Waals surface area contributed by atoms with Gasteiger partial charge in [0.15, 0.2) is 0 Å². The van der Waals surface area contributed by atoms with Gasteiger partial charge in [-0.1, -0.05) is 84.6 Å². The SMILES string of the molecule is O=C1C(c2ccccc2)=C(c2ccccc2)C(=O)N1c1cccc(C#Cc2cccc(C(F)(F)F)c2)c1. The summed E-state index contributed by atoms with van der Waals surface area (Å²) in [5.74, 6) is 4.65. The van der Waals surface area contributed by atoms with Gasteiger partial charge in [0.1, 0.15) is 0 Å². The monoisotopic (exact) mass is 493 g/mol. The van der Waals surface area contributed by atoms with E-state index in [2.05, 4.69) is 11.8 Å². The summed E-state index contributed by atoms with van der Waals surface area (Å²) < 4.78 is 39.1. The molecule has 3 nitrogen and oxygen atoms in total. The van der Waals surface area contributed by atoms with E-state index in [0.29, 0.717) is 33.5 Å². The van der Waals surface area contributed by atoms with Crippen LogP contribution in [0.25, 0.3) is 11.1 Å². The minimum absolute atomic E-state index is 0.202. The lowest BCUT2D eigenvalue weighted by Crippen LogP contribution is -2.31. The van der Waals surface area contributed by atoms with Crippen molar-refractivity contribution < 1.29 is 22.8 Å². The summed E-state index contributed by atoms with van der Waals surface area (Å²) in [6.45, 7) is 0. The highest BCUT2D eigenvalue weighted by Crippen LogP contribution is 2.38. The van der Waals surface area contributed by atoms with Crippen molar-refractivity contribution in [1.29, 1.82) is 0 Å². The van der Waals surface area contributed by atoms with E-state index < -0.39 is 23.6 Å². The van der Waals surface area contributed by atoms with Gasteiger partial charge in [-0.2, -0.15) is 13.2 Å². The normalized spacial score (nSPS) is 13.5. The molecule has 4 aromatic rings. The van der Waals surface area contributed by atoms with E-state index in [1.807, 2.05) is 12.1 Å². The highest BCUT2D eigenvalue weighted by molar-refractivity contribution is 6.57. The predicted molar refractivity (Wildman–Crippen MR) is 136 cm³/mol. The Morgan fingerprint density at radius 1 is 0.568 bits per heavy atom.